The minimum atomic E-state index is -0.322. The molecule has 0 saturated carbocycles. The highest BCUT2D eigenvalue weighted by molar-refractivity contribution is 8.00. The predicted octanol–water partition coefficient (Wildman–Crippen LogP) is 4.22. The van der Waals surface area contributed by atoms with Gasteiger partial charge < -0.3 is 14.6 Å². The molecule has 2 rings (SSSR count). The molecule has 2 aromatic rings. The van der Waals surface area contributed by atoms with Crippen LogP contribution in [0.3, 0.4) is 0 Å². The number of nitrogens with zero attached hydrogens (tertiary/aromatic N) is 4. The second-order valence-corrected chi connectivity index (χ2v) is 8.49. The molecule has 8 heteroatoms. The van der Waals surface area contributed by atoms with Crippen LogP contribution >= 0.6 is 11.8 Å². The first-order chi connectivity index (χ1) is 13.9. The fourth-order valence-electron chi connectivity index (χ4n) is 3.13. The summed E-state index contributed by atoms with van der Waals surface area (Å²) in [6.07, 6.45) is 3.08. The molecule has 1 aromatic carbocycles. The van der Waals surface area contributed by atoms with Gasteiger partial charge in [0.2, 0.25) is 5.91 Å². The molecule has 0 spiro atoms. The Bertz CT molecular complexity index is 793. The van der Waals surface area contributed by atoms with Crippen molar-refractivity contribution in [3.05, 3.63) is 30.1 Å². The van der Waals surface area contributed by atoms with Crippen molar-refractivity contribution in [1.29, 1.82) is 0 Å². The molecule has 1 amide bonds. The zero-order chi connectivity index (χ0) is 21.4. The number of nitrogens with one attached hydrogen (secondary N) is 1. The van der Waals surface area contributed by atoms with Crippen LogP contribution in [0.15, 0.2) is 29.4 Å². The summed E-state index contributed by atoms with van der Waals surface area (Å²) in [5, 5.41) is 12.3. The van der Waals surface area contributed by atoms with Crippen molar-refractivity contribution in [1.82, 2.24) is 19.7 Å². The van der Waals surface area contributed by atoms with Crippen LogP contribution in [-0.4, -0.2) is 52.0 Å². The Balaban J connectivity index is 2.18. The Kier molecular flexibility index (Phi) is 8.98. The van der Waals surface area contributed by atoms with Crippen LogP contribution in [0, 0.1) is 0 Å². The van der Waals surface area contributed by atoms with Gasteiger partial charge >= 0.3 is 0 Å². The maximum Gasteiger partial charge on any atom is 0.237 e. The molecule has 2 atom stereocenters. The fraction of sp³-hybridized carbons (Fsp3) is 0.571. The zero-order valence-corrected chi connectivity index (χ0v) is 19.1. The SMILES string of the molecule is CCCCn1c(S[C@H](C)C(=O)Nc2ccccc2OC)nnc1[C@H](CC)N(C)C. The molecule has 0 aliphatic carbocycles. The largest absolute Gasteiger partial charge is 0.495 e. The number of carbonyl (C=O) groups excluding carboxylic acids is 1. The number of methoxy groups -OCH3 is 1. The third-order valence-electron chi connectivity index (χ3n) is 4.81. The average molecular weight is 420 g/mol. The number of benzene rings is 1. The monoisotopic (exact) mass is 419 g/mol. The maximum absolute atomic E-state index is 12.8. The van der Waals surface area contributed by atoms with Gasteiger partial charge in [0, 0.05) is 6.54 Å². The molecule has 0 bridgehead atoms. The summed E-state index contributed by atoms with van der Waals surface area (Å²) in [6, 6.07) is 7.60. The van der Waals surface area contributed by atoms with Crippen LogP contribution < -0.4 is 10.1 Å². The number of anilines is 1. The van der Waals surface area contributed by atoms with Crippen LogP contribution in [-0.2, 0) is 11.3 Å². The first-order valence-corrected chi connectivity index (χ1v) is 11.0. The first kappa shape index (κ1) is 23.2. The summed E-state index contributed by atoms with van der Waals surface area (Å²) in [6.45, 7) is 7.06. The normalized spacial score (nSPS) is 13.3. The van der Waals surface area contributed by atoms with Gasteiger partial charge in [-0.2, -0.15) is 0 Å². The van der Waals surface area contributed by atoms with E-state index in [1.54, 1.807) is 7.11 Å². The quantitative estimate of drug-likeness (QED) is 0.550. The molecular formula is C21H33N5O2S. The first-order valence-electron chi connectivity index (χ1n) is 10.1. The average Bonchev–Trinajstić information content (AvgIpc) is 3.09. The van der Waals surface area contributed by atoms with Crippen molar-refractivity contribution in [2.24, 2.45) is 0 Å². The van der Waals surface area contributed by atoms with Crippen molar-refractivity contribution in [2.75, 3.05) is 26.5 Å². The topological polar surface area (TPSA) is 72.3 Å². The Morgan fingerprint density at radius 3 is 2.62 bits per heavy atom. The standard InChI is InChI=1S/C21H33N5O2S/c1-7-9-14-26-19(17(8-2)25(4)5)23-24-21(26)29-15(3)20(27)22-16-12-10-11-13-18(16)28-6/h10-13,15,17H,7-9,14H2,1-6H3,(H,22,27)/t15-,17+/m1/s1. The summed E-state index contributed by atoms with van der Waals surface area (Å²) in [4.78, 5) is 14.9. The molecular weight excluding hydrogens is 386 g/mol. The summed E-state index contributed by atoms with van der Waals surface area (Å²) < 4.78 is 7.50. The molecule has 7 nitrogen and oxygen atoms in total. The fourth-order valence-corrected chi connectivity index (χ4v) is 4.01. The number of carbonyl (C=O) groups is 1. The number of thioether (sulfide) groups is 1. The number of rotatable bonds is 11. The van der Waals surface area contributed by atoms with E-state index < -0.39 is 0 Å². The van der Waals surface area contributed by atoms with Crippen LogP contribution in [0.5, 0.6) is 5.75 Å². The second-order valence-electron chi connectivity index (χ2n) is 7.18. The van der Waals surface area contributed by atoms with E-state index in [0.29, 0.717) is 11.4 Å². The van der Waals surface area contributed by atoms with E-state index in [1.165, 1.54) is 11.8 Å². The van der Waals surface area contributed by atoms with Crippen molar-refractivity contribution >= 4 is 23.4 Å². The Labute approximate surface area is 178 Å². The molecule has 0 aliphatic heterocycles. The predicted molar refractivity (Wildman–Crippen MR) is 119 cm³/mol. The third kappa shape index (κ3) is 5.96. The lowest BCUT2D eigenvalue weighted by Crippen LogP contribution is -2.24. The van der Waals surface area contributed by atoms with E-state index in [1.807, 2.05) is 31.2 Å². The number of amides is 1. The van der Waals surface area contributed by atoms with E-state index in [4.69, 9.17) is 4.74 Å². The molecule has 29 heavy (non-hydrogen) atoms. The Hall–Kier alpha value is -2.06. The van der Waals surface area contributed by atoms with Crippen molar-refractivity contribution in [3.63, 3.8) is 0 Å². The van der Waals surface area contributed by atoms with Gasteiger partial charge in [-0.15, -0.1) is 10.2 Å². The van der Waals surface area contributed by atoms with E-state index >= 15 is 0 Å². The Morgan fingerprint density at radius 2 is 2.00 bits per heavy atom. The van der Waals surface area contributed by atoms with Gasteiger partial charge in [0.15, 0.2) is 11.0 Å². The van der Waals surface area contributed by atoms with E-state index in [9.17, 15) is 4.79 Å². The van der Waals surface area contributed by atoms with Gasteiger partial charge in [0.1, 0.15) is 5.75 Å². The zero-order valence-electron chi connectivity index (χ0n) is 18.3. The number of hydrogen-bond donors (Lipinski definition) is 1. The summed E-state index contributed by atoms with van der Waals surface area (Å²) in [5.74, 6) is 1.51. The third-order valence-corrected chi connectivity index (χ3v) is 5.89. The minimum Gasteiger partial charge on any atom is -0.495 e. The Morgan fingerprint density at radius 1 is 1.28 bits per heavy atom. The number of hydrogen-bond acceptors (Lipinski definition) is 6. The van der Waals surface area contributed by atoms with E-state index in [2.05, 4.69) is 52.9 Å². The van der Waals surface area contributed by atoms with E-state index in [0.717, 1.165) is 36.8 Å². The molecule has 0 saturated heterocycles. The second kappa shape index (κ2) is 11.2. The molecule has 1 N–H and O–H groups in total. The van der Waals surface area contributed by atoms with Gasteiger partial charge in [-0.1, -0.05) is 44.2 Å². The van der Waals surface area contributed by atoms with Crippen LogP contribution in [0.2, 0.25) is 0 Å². The van der Waals surface area contributed by atoms with Gasteiger partial charge in [-0.3, -0.25) is 9.69 Å². The molecule has 1 aromatic heterocycles. The van der Waals surface area contributed by atoms with Crippen molar-refractivity contribution < 1.29 is 9.53 Å². The smallest absolute Gasteiger partial charge is 0.237 e. The highest BCUT2D eigenvalue weighted by Gasteiger charge is 2.25. The van der Waals surface area contributed by atoms with Crippen molar-refractivity contribution in [3.8, 4) is 5.75 Å². The van der Waals surface area contributed by atoms with Gasteiger partial charge in [0.05, 0.1) is 24.1 Å². The van der Waals surface area contributed by atoms with Gasteiger partial charge in [0.25, 0.3) is 0 Å². The lowest BCUT2D eigenvalue weighted by Gasteiger charge is -2.23. The van der Waals surface area contributed by atoms with Crippen LogP contribution in [0.1, 0.15) is 51.9 Å². The minimum absolute atomic E-state index is 0.0919. The highest BCUT2D eigenvalue weighted by atomic mass is 32.2. The lowest BCUT2D eigenvalue weighted by atomic mass is 10.2. The van der Waals surface area contributed by atoms with Crippen LogP contribution in [0.4, 0.5) is 5.69 Å². The highest BCUT2D eigenvalue weighted by Crippen LogP contribution is 2.29. The molecule has 160 valence electrons. The van der Waals surface area contributed by atoms with E-state index in [-0.39, 0.29) is 17.2 Å². The number of ether oxygens (including phenoxy) is 1. The molecule has 0 unspecified atom stereocenters. The van der Waals surface area contributed by atoms with Gasteiger partial charge in [-0.05, 0) is 46.0 Å². The lowest BCUT2D eigenvalue weighted by molar-refractivity contribution is -0.115. The number of para-hydroxylation sites is 2. The number of unbranched alkanes of at least 4 members (excludes halogenated alkanes) is 1. The molecule has 1 heterocycles. The molecule has 0 aliphatic rings. The maximum atomic E-state index is 12.8. The molecule has 0 fully saturated rings. The van der Waals surface area contributed by atoms with Crippen LogP contribution in [0.25, 0.3) is 0 Å². The van der Waals surface area contributed by atoms with Gasteiger partial charge in [-0.25, -0.2) is 0 Å². The van der Waals surface area contributed by atoms with Crippen molar-refractivity contribution in [2.45, 2.75) is 63.0 Å². The summed E-state index contributed by atoms with van der Waals surface area (Å²) in [5.41, 5.74) is 0.666. The summed E-state index contributed by atoms with van der Waals surface area (Å²) >= 11 is 1.44. The summed E-state index contributed by atoms with van der Waals surface area (Å²) in [7, 11) is 5.71. The molecule has 0 radical (unpaired) electrons. The number of aromatic nitrogens is 3.